The Morgan fingerprint density at radius 3 is 2.21 bits per heavy atom. The highest BCUT2D eigenvalue weighted by molar-refractivity contribution is 7.26. The normalized spacial score (nSPS) is 17.9. The highest BCUT2D eigenvalue weighted by atomic mass is 32.1. The molecule has 0 amide bonds. The number of allylic oxidation sites excluding steroid dienone is 5. The van der Waals surface area contributed by atoms with Crippen LogP contribution in [0.1, 0.15) is 40.1 Å². The number of fused-ring (bicyclic) bond motifs is 9. The lowest BCUT2D eigenvalue weighted by Crippen LogP contribution is -2.21. The van der Waals surface area contributed by atoms with Gasteiger partial charge >= 0.3 is 0 Å². The Balaban J connectivity index is 1.03. The van der Waals surface area contributed by atoms with Crippen molar-refractivity contribution in [2.75, 3.05) is 0 Å². The van der Waals surface area contributed by atoms with Crippen molar-refractivity contribution in [1.82, 2.24) is 15.0 Å². The molecule has 2 aliphatic carbocycles. The van der Waals surface area contributed by atoms with Gasteiger partial charge in [-0.25, -0.2) is 15.0 Å². The maximum absolute atomic E-state index is 6.78. The van der Waals surface area contributed by atoms with Crippen LogP contribution in [-0.2, 0) is 0 Å². The SMILES string of the molecule is C1=Cc2c(oc3ccccc23)[C@H](c2cccc3c2C2C(c4nc(-c5ccc(-c6ccccc6)cc5)nc(-c5cccc6c5sc5ccccc56)n4)=CC=CC2O3)C=C1. The monoisotopic (exact) mass is 763 g/mol. The van der Waals surface area contributed by atoms with E-state index < -0.39 is 0 Å². The lowest BCUT2D eigenvalue weighted by Gasteiger charge is -2.24. The van der Waals surface area contributed by atoms with Gasteiger partial charge in [-0.1, -0.05) is 152 Å². The van der Waals surface area contributed by atoms with Gasteiger partial charge in [0.1, 0.15) is 23.2 Å². The molecule has 274 valence electrons. The Bertz CT molecular complexity index is 3220. The first-order valence-corrected chi connectivity index (χ1v) is 20.4. The smallest absolute Gasteiger partial charge is 0.165 e. The van der Waals surface area contributed by atoms with E-state index in [1.54, 1.807) is 11.3 Å². The highest BCUT2D eigenvalue weighted by Gasteiger charge is 2.42. The number of ether oxygens (including phenoxy) is 1. The highest BCUT2D eigenvalue weighted by Crippen LogP contribution is 2.52. The van der Waals surface area contributed by atoms with Crippen LogP contribution in [0.2, 0.25) is 0 Å². The zero-order chi connectivity index (χ0) is 38.2. The van der Waals surface area contributed by atoms with Crippen molar-refractivity contribution >= 4 is 54.1 Å². The molecule has 3 aliphatic rings. The number of benzene rings is 6. The molecule has 0 N–H and O–H groups in total. The summed E-state index contributed by atoms with van der Waals surface area (Å²) in [5.74, 6) is 3.43. The maximum atomic E-state index is 6.78. The van der Waals surface area contributed by atoms with Gasteiger partial charge in [0.15, 0.2) is 17.5 Å². The van der Waals surface area contributed by atoms with Crippen LogP contribution in [0.5, 0.6) is 5.75 Å². The molecule has 2 unspecified atom stereocenters. The molecule has 0 saturated heterocycles. The molecule has 6 heteroatoms. The molecule has 0 radical (unpaired) electrons. The van der Waals surface area contributed by atoms with E-state index in [4.69, 9.17) is 24.1 Å². The van der Waals surface area contributed by atoms with Gasteiger partial charge in [-0.05, 0) is 47.0 Å². The summed E-state index contributed by atoms with van der Waals surface area (Å²) in [5.41, 5.74) is 9.49. The van der Waals surface area contributed by atoms with Gasteiger partial charge in [0, 0.05) is 53.4 Å². The average molecular weight is 764 g/mol. The molecule has 0 saturated carbocycles. The Morgan fingerprint density at radius 1 is 0.552 bits per heavy atom. The zero-order valence-electron chi connectivity index (χ0n) is 31.1. The van der Waals surface area contributed by atoms with Gasteiger partial charge in [0.05, 0.1) is 11.8 Å². The quantitative estimate of drug-likeness (QED) is 0.175. The molecule has 1 aliphatic heterocycles. The first-order valence-electron chi connectivity index (χ1n) is 19.6. The lowest BCUT2D eigenvalue weighted by atomic mass is 9.78. The average Bonchev–Trinajstić information content (AvgIpc) is 3.93. The molecule has 12 rings (SSSR count). The fourth-order valence-electron chi connectivity index (χ4n) is 8.98. The van der Waals surface area contributed by atoms with Gasteiger partial charge in [0.25, 0.3) is 0 Å². The van der Waals surface area contributed by atoms with E-state index in [0.717, 1.165) is 71.7 Å². The summed E-state index contributed by atoms with van der Waals surface area (Å²) in [6, 6.07) is 48.7. The molecule has 6 aromatic carbocycles. The molecule has 0 fully saturated rings. The van der Waals surface area contributed by atoms with Crippen LogP contribution in [0.15, 0.2) is 180 Å². The fourth-order valence-corrected chi connectivity index (χ4v) is 10.2. The van der Waals surface area contributed by atoms with Crippen molar-refractivity contribution in [3.63, 3.8) is 0 Å². The molecule has 5 nitrogen and oxygen atoms in total. The van der Waals surface area contributed by atoms with E-state index in [1.165, 1.54) is 15.5 Å². The van der Waals surface area contributed by atoms with Crippen molar-refractivity contribution < 1.29 is 9.15 Å². The van der Waals surface area contributed by atoms with E-state index in [-0.39, 0.29) is 17.9 Å². The summed E-state index contributed by atoms with van der Waals surface area (Å²) in [6.07, 6.45) is 14.8. The van der Waals surface area contributed by atoms with Crippen molar-refractivity contribution in [2.45, 2.75) is 17.9 Å². The molecule has 9 aromatic rings. The summed E-state index contributed by atoms with van der Waals surface area (Å²) in [7, 11) is 0. The first-order chi connectivity index (χ1) is 28.7. The van der Waals surface area contributed by atoms with E-state index in [0.29, 0.717) is 17.5 Å². The predicted molar refractivity (Wildman–Crippen MR) is 236 cm³/mol. The van der Waals surface area contributed by atoms with E-state index >= 15 is 0 Å². The standard InChI is InChI=1S/C52H33N3O2S/c1-2-13-31(14-3-1)32-27-29-33(30-28-32)50-53-51(55-52(54-50)41-22-10-20-39-35-16-7-9-26-45(35)58-49(39)41)40-21-12-25-44-47(40)46-36(19-11-24-43(46)56-44)38-18-5-4-17-37-34-15-6-8-23-42(34)57-48(37)38/h1-30,38,44,47H/t38-,44?,47?/m0/s1. The number of aromatic nitrogens is 3. The van der Waals surface area contributed by atoms with Crippen LogP contribution in [0.4, 0.5) is 0 Å². The maximum Gasteiger partial charge on any atom is 0.165 e. The molecule has 0 spiro atoms. The van der Waals surface area contributed by atoms with Gasteiger partial charge in [-0.2, -0.15) is 0 Å². The van der Waals surface area contributed by atoms with Crippen molar-refractivity contribution in [3.05, 3.63) is 204 Å². The summed E-state index contributed by atoms with van der Waals surface area (Å²) in [4.78, 5) is 15.9. The predicted octanol–water partition coefficient (Wildman–Crippen LogP) is 13.2. The number of rotatable bonds is 5. The van der Waals surface area contributed by atoms with Gasteiger partial charge < -0.3 is 9.15 Å². The Kier molecular flexibility index (Phi) is 7.53. The van der Waals surface area contributed by atoms with E-state index in [2.05, 4.69) is 164 Å². The topological polar surface area (TPSA) is 61.0 Å². The Labute approximate surface area is 338 Å². The van der Waals surface area contributed by atoms with Crippen molar-refractivity contribution in [2.24, 2.45) is 0 Å². The minimum atomic E-state index is -0.223. The summed E-state index contributed by atoms with van der Waals surface area (Å²) in [5, 5.41) is 3.55. The van der Waals surface area contributed by atoms with Crippen molar-refractivity contribution in [1.29, 1.82) is 0 Å². The summed E-state index contributed by atoms with van der Waals surface area (Å²) < 4.78 is 15.8. The minimum Gasteiger partial charge on any atom is -0.485 e. The first kappa shape index (κ1) is 33.0. The van der Waals surface area contributed by atoms with Gasteiger partial charge in [-0.3, -0.25) is 0 Å². The van der Waals surface area contributed by atoms with Crippen LogP contribution in [-0.4, -0.2) is 21.1 Å². The number of thiophene rings is 1. The molecule has 4 heterocycles. The minimum absolute atomic E-state index is 0.125. The molecular formula is C52H33N3O2S. The summed E-state index contributed by atoms with van der Waals surface area (Å²) >= 11 is 1.78. The van der Waals surface area contributed by atoms with E-state index in [9.17, 15) is 0 Å². The van der Waals surface area contributed by atoms with E-state index in [1.807, 2.05) is 18.2 Å². The molecule has 3 atom stereocenters. The third-order valence-electron chi connectivity index (χ3n) is 11.7. The van der Waals surface area contributed by atoms with Crippen LogP contribution < -0.4 is 4.74 Å². The molecule has 58 heavy (non-hydrogen) atoms. The van der Waals surface area contributed by atoms with Crippen LogP contribution in [0, 0.1) is 0 Å². The lowest BCUT2D eigenvalue weighted by molar-refractivity contribution is 0.271. The zero-order valence-corrected chi connectivity index (χ0v) is 31.9. The Hall–Kier alpha value is -7.15. The number of nitrogens with zero attached hydrogens (tertiary/aromatic N) is 3. The second-order valence-corrected chi connectivity index (χ2v) is 16.0. The van der Waals surface area contributed by atoms with Gasteiger partial charge in [-0.15, -0.1) is 11.3 Å². The van der Waals surface area contributed by atoms with Crippen LogP contribution in [0.3, 0.4) is 0 Å². The van der Waals surface area contributed by atoms with Crippen LogP contribution in [0.25, 0.3) is 76.7 Å². The second kappa shape index (κ2) is 13.2. The van der Waals surface area contributed by atoms with Gasteiger partial charge in [0.2, 0.25) is 0 Å². The largest absolute Gasteiger partial charge is 0.485 e. The Morgan fingerprint density at radius 2 is 1.29 bits per heavy atom. The number of para-hydroxylation sites is 1. The summed E-state index contributed by atoms with van der Waals surface area (Å²) in [6.45, 7) is 0. The second-order valence-electron chi connectivity index (χ2n) is 15.0. The third kappa shape index (κ3) is 5.26. The number of furan rings is 1. The molecule has 0 bridgehead atoms. The van der Waals surface area contributed by atoms with Crippen LogP contribution >= 0.6 is 11.3 Å². The fraction of sp³-hybridized carbons (Fsp3) is 0.0577. The third-order valence-corrected chi connectivity index (χ3v) is 12.9. The number of hydrogen-bond acceptors (Lipinski definition) is 6. The number of hydrogen-bond donors (Lipinski definition) is 0. The molecule has 3 aromatic heterocycles. The molecular weight excluding hydrogens is 731 g/mol. The van der Waals surface area contributed by atoms with Crippen molar-refractivity contribution in [3.8, 4) is 39.7 Å².